The van der Waals surface area contributed by atoms with E-state index in [0.717, 1.165) is 0 Å². The number of hydrogen-bond donors (Lipinski definition) is 2. The Kier molecular flexibility index (Phi) is 3.48. The average molecular weight is 193 g/mol. The number of anilines is 1. The molecule has 14 heavy (non-hydrogen) atoms. The number of nitrogen functional groups attached to an aromatic ring is 1. The maximum atomic E-state index is 11.7. The number of likely N-dealkylation sites (N-methyl/N-ethyl adjacent to an activating group) is 1. The quantitative estimate of drug-likeness (QED) is 0.678. The lowest BCUT2D eigenvalue weighted by molar-refractivity contribution is 0.0799. The maximum Gasteiger partial charge on any atom is 0.253 e. The molecular formula is C10H15N3O. The minimum Gasteiger partial charge on any atom is -0.399 e. The van der Waals surface area contributed by atoms with Gasteiger partial charge in [-0.25, -0.2) is 0 Å². The molecule has 0 atom stereocenters. The van der Waals surface area contributed by atoms with Crippen LogP contribution in [-0.2, 0) is 0 Å². The molecule has 1 aromatic rings. The molecule has 0 aliphatic carbocycles. The van der Waals surface area contributed by atoms with Gasteiger partial charge in [0.05, 0.1) is 0 Å². The van der Waals surface area contributed by atoms with Gasteiger partial charge in [0.25, 0.3) is 5.91 Å². The first-order valence-corrected chi connectivity index (χ1v) is 4.46. The molecule has 1 aromatic carbocycles. The van der Waals surface area contributed by atoms with Crippen molar-refractivity contribution in [3.8, 4) is 0 Å². The molecule has 0 heterocycles. The van der Waals surface area contributed by atoms with Crippen LogP contribution in [0.4, 0.5) is 5.69 Å². The maximum absolute atomic E-state index is 11.7. The van der Waals surface area contributed by atoms with Crippen molar-refractivity contribution in [2.45, 2.75) is 0 Å². The highest BCUT2D eigenvalue weighted by molar-refractivity contribution is 5.94. The number of nitrogens with two attached hydrogens (primary N) is 2. The third-order valence-corrected chi connectivity index (χ3v) is 1.94. The van der Waals surface area contributed by atoms with Crippen molar-refractivity contribution in [3.63, 3.8) is 0 Å². The highest BCUT2D eigenvalue weighted by atomic mass is 16.2. The zero-order valence-electron chi connectivity index (χ0n) is 8.23. The molecule has 0 aromatic heterocycles. The number of rotatable bonds is 3. The fourth-order valence-electron chi connectivity index (χ4n) is 1.19. The van der Waals surface area contributed by atoms with Crippen molar-refractivity contribution < 1.29 is 4.79 Å². The van der Waals surface area contributed by atoms with Crippen molar-refractivity contribution in [3.05, 3.63) is 29.8 Å². The summed E-state index contributed by atoms with van der Waals surface area (Å²) in [6.07, 6.45) is 0. The van der Waals surface area contributed by atoms with Crippen LogP contribution in [0.2, 0.25) is 0 Å². The van der Waals surface area contributed by atoms with Gasteiger partial charge in [-0.1, -0.05) is 6.07 Å². The minimum absolute atomic E-state index is 0.0530. The molecule has 4 nitrogen and oxygen atoms in total. The van der Waals surface area contributed by atoms with Crippen molar-refractivity contribution in [2.24, 2.45) is 5.73 Å². The SMILES string of the molecule is CN(CCN)C(=O)c1cccc(N)c1. The summed E-state index contributed by atoms with van der Waals surface area (Å²) in [5, 5.41) is 0. The summed E-state index contributed by atoms with van der Waals surface area (Å²) in [4.78, 5) is 13.3. The predicted octanol–water partition coefficient (Wildman–Crippen LogP) is 0.299. The topological polar surface area (TPSA) is 72.3 Å². The number of hydrogen-bond acceptors (Lipinski definition) is 3. The van der Waals surface area contributed by atoms with Crippen molar-refractivity contribution in [1.29, 1.82) is 0 Å². The molecule has 0 spiro atoms. The normalized spacial score (nSPS) is 9.86. The Morgan fingerprint density at radius 3 is 2.79 bits per heavy atom. The Bertz CT molecular complexity index is 325. The number of nitrogens with zero attached hydrogens (tertiary/aromatic N) is 1. The van der Waals surface area contributed by atoms with E-state index in [2.05, 4.69) is 0 Å². The first kappa shape index (κ1) is 10.5. The van der Waals surface area contributed by atoms with Gasteiger partial charge < -0.3 is 16.4 Å². The van der Waals surface area contributed by atoms with E-state index in [1.807, 2.05) is 0 Å². The van der Waals surface area contributed by atoms with Gasteiger partial charge in [0.2, 0.25) is 0 Å². The molecule has 0 saturated heterocycles. The number of amides is 1. The lowest BCUT2D eigenvalue weighted by Crippen LogP contribution is -2.31. The van der Waals surface area contributed by atoms with Gasteiger partial charge in [0.1, 0.15) is 0 Å². The third kappa shape index (κ3) is 2.47. The molecule has 76 valence electrons. The van der Waals surface area contributed by atoms with Crippen LogP contribution < -0.4 is 11.5 Å². The Hall–Kier alpha value is -1.55. The van der Waals surface area contributed by atoms with Crippen LogP contribution in [-0.4, -0.2) is 30.9 Å². The Morgan fingerprint density at radius 1 is 1.50 bits per heavy atom. The standard InChI is InChI=1S/C10H15N3O/c1-13(6-5-11)10(14)8-3-2-4-9(12)7-8/h2-4,7H,5-6,11-12H2,1H3. The molecule has 4 heteroatoms. The van der Waals surface area contributed by atoms with Gasteiger partial charge in [-0.05, 0) is 18.2 Å². The van der Waals surface area contributed by atoms with E-state index in [0.29, 0.717) is 24.3 Å². The zero-order chi connectivity index (χ0) is 10.6. The van der Waals surface area contributed by atoms with Crippen LogP contribution >= 0.6 is 0 Å². The molecule has 0 unspecified atom stereocenters. The summed E-state index contributed by atoms with van der Waals surface area (Å²) in [5.41, 5.74) is 12.1. The molecule has 0 bridgehead atoms. The largest absolute Gasteiger partial charge is 0.399 e. The number of carbonyl (C=O) groups excluding carboxylic acids is 1. The molecule has 0 aliphatic heterocycles. The summed E-state index contributed by atoms with van der Waals surface area (Å²) < 4.78 is 0. The molecule has 0 fully saturated rings. The van der Waals surface area contributed by atoms with E-state index in [-0.39, 0.29) is 5.91 Å². The fraction of sp³-hybridized carbons (Fsp3) is 0.300. The highest BCUT2D eigenvalue weighted by Crippen LogP contribution is 2.08. The van der Waals surface area contributed by atoms with Crippen molar-refractivity contribution in [2.75, 3.05) is 25.9 Å². The van der Waals surface area contributed by atoms with Gasteiger partial charge in [0.15, 0.2) is 0 Å². The van der Waals surface area contributed by atoms with Gasteiger partial charge in [-0.3, -0.25) is 4.79 Å². The van der Waals surface area contributed by atoms with Gasteiger partial charge >= 0.3 is 0 Å². The van der Waals surface area contributed by atoms with E-state index in [1.54, 1.807) is 36.2 Å². The molecule has 0 radical (unpaired) electrons. The van der Waals surface area contributed by atoms with E-state index in [1.165, 1.54) is 0 Å². The van der Waals surface area contributed by atoms with Crippen molar-refractivity contribution >= 4 is 11.6 Å². The minimum atomic E-state index is -0.0530. The van der Waals surface area contributed by atoms with E-state index < -0.39 is 0 Å². The van der Waals surface area contributed by atoms with Crippen LogP contribution in [0, 0.1) is 0 Å². The van der Waals surface area contributed by atoms with E-state index in [4.69, 9.17) is 11.5 Å². The van der Waals surface area contributed by atoms with Crippen molar-refractivity contribution in [1.82, 2.24) is 4.90 Å². The Labute approximate surface area is 83.5 Å². The van der Waals surface area contributed by atoms with Crippen LogP contribution in [0.3, 0.4) is 0 Å². The first-order valence-electron chi connectivity index (χ1n) is 4.46. The predicted molar refractivity (Wildman–Crippen MR) is 56.9 cm³/mol. The molecule has 0 aliphatic rings. The number of carbonyl (C=O) groups is 1. The van der Waals surface area contributed by atoms with E-state index in [9.17, 15) is 4.79 Å². The Morgan fingerprint density at radius 2 is 2.21 bits per heavy atom. The lowest BCUT2D eigenvalue weighted by atomic mass is 10.2. The summed E-state index contributed by atoms with van der Waals surface area (Å²) in [7, 11) is 1.72. The van der Waals surface area contributed by atoms with Gasteiger partial charge in [-0.2, -0.15) is 0 Å². The van der Waals surface area contributed by atoms with Crippen LogP contribution in [0.25, 0.3) is 0 Å². The van der Waals surface area contributed by atoms with Gasteiger partial charge in [-0.15, -0.1) is 0 Å². The first-order chi connectivity index (χ1) is 6.65. The molecular weight excluding hydrogens is 178 g/mol. The monoisotopic (exact) mass is 193 g/mol. The average Bonchev–Trinajstić information content (AvgIpc) is 2.17. The lowest BCUT2D eigenvalue weighted by Gasteiger charge is -2.15. The summed E-state index contributed by atoms with van der Waals surface area (Å²) in [5.74, 6) is -0.0530. The molecule has 1 rings (SSSR count). The van der Waals surface area contributed by atoms with E-state index >= 15 is 0 Å². The highest BCUT2D eigenvalue weighted by Gasteiger charge is 2.10. The summed E-state index contributed by atoms with van der Waals surface area (Å²) in [6, 6.07) is 6.92. The second-order valence-electron chi connectivity index (χ2n) is 3.14. The summed E-state index contributed by atoms with van der Waals surface area (Å²) in [6.45, 7) is 1.01. The van der Waals surface area contributed by atoms with Crippen LogP contribution in [0.1, 0.15) is 10.4 Å². The fourth-order valence-corrected chi connectivity index (χ4v) is 1.19. The number of benzene rings is 1. The molecule has 4 N–H and O–H groups in total. The molecule has 1 amide bonds. The molecule has 0 saturated carbocycles. The second kappa shape index (κ2) is 4.62. The third-order valence-electron chi connectivity index (χ3n) is 1.94. The Balaban J connectivity index is 2.78. The van der Waals surface area contributed by atoms with Crippen LogP contribution in [0.5, 0.6) is 0 Å². The smallest absolute Gasteiger partial charge is 0.253 e. The summed E-state index contributed by atoms with van der Waals surface area (Å²) >= 11 is 0. The zero-order valence-corrected chi connectivity index (χ0v) is 8.23. The second-order valence-corrected chi connectivity index (χ2v) is 3.14. The van der Waals surface area contributed by atoms with Crippen LogP contribution in [0.15, 0.2) is 24.3 Å². The van der Waals surface area contributed by atoms with Gasteiger partial charge in [0, 0.05) is 31.4 Å².